The highest BCUT2D eigenvalue weighted by molar-refractivity contribution is 5.92. The summed E-state index contributed by atoms with van der Waals surface area (Å²) < 4.78 is 17.6. The highest BCUT2D eigenvalue weighted by Gasteiger charge is 2.63. The number of primary amides is 1. The number of fused-ring (bicyclic) bond motifs is 1. The van der Waals surface area contributed by atoms with E-state index in [4.69, 9.17) is 19.9 Å². The van der Waals surface area contributed by atoms with Crippen LogP contribution in [0.4, 0.5) is 0 Å². The van der Waals surface area contributed by atoms with Crippen molar-refractivity contribution in [2.45, 2.75) is 44.0 Å². The second kappa shape index (κ2) is 4.81. The molecule has 3 rings (SSSR count). The van der Waals surface area contributed by atoms with Crippen molar-refractivity contribution in [3.8, 4) is 0 Å². The van der Waals surface area contributed by atoms with Gasteiger partial charge in [0.05, 0.1) is 13.2 Å². The monoisotopic (exact) mass is 296 g/mol. The Balaban J connectivity index is 1.96. The minimum Gasteiger partial charge on any atom is -0.394 e. The molecule has 0 aromatic heterocycles. The van der Waals surface area contributed by atoms with Gasteiger partial charge in [0.15, 0.2) is 11.5 Å². The zero-order chi connectivity index (χ0) is 15.3. The molecule has 3 atom stereocenters. The number of aliphatic hydroxyl groups excluding tert-OH is 1. The van der Waals surface area contributed by atoms with Crippen LogP contribution in [0, 0.1) is 0 Å². The maximum Gasteiger partial charge on any atom is 0.246 e. The first kappa shape index (κ1) is 14.5. The van der Waals surface area contributed by atoms with Crippen LogP contribution in [0.2, 0.25) is 0 Å². The summed E-state index contributed by atoms with van der Waals surface area (Å²) in [6.45, 7) is 3.71. The summed E-state index contributed by atoms with van der Waals surface area (Å²) in [4.78, 5) is 13.2. The van der Waals surface area contributed by atoms with E-state index >= 15 is 0 Å². The molecule has 21 heavy (non-hydrogen) atoms. The maximum absolute atomic E-state index is 11.4. The fraction of sp³-hybridized carbons (Fsp3) is 0.643. The molecule has 7 nitrogen and oxygen atoms in total. The Morgan fingerprint density at radius 1 is 1.57 bits per heavy atom. The number of amides is 1. The van der Waals surface area contributed by atoms with E-state index in [9.17, 15) is 9.90 Å². The summed E-state index contributed by atoms with van der Waals surface area (Å²) in [6, 6.07) is 0. The summed E-state index contributed by atoms with van der Waals surface area (Å²) in [7, 11) is 0. The van der Waals surface area contributed by atoms with Crippen LogP contribution in [-0.2, 0) is 19.0 Å². The van der Waals surface area contributed by atoms with Gasteiger partial charge in [-0.2, -0.15) is 0 Å². The molecule has 0 bridgehead atoms. The minimum absolute atomic E-state index is 0.157. The highest BCUT2D eigenvalue weighted by Crippen LogP contribution is 2.46. The lowest BCUT2D eigenvalue weighted by molar-refractivity contribution is -0.209. The lowest BCUT2D eigenvalue weighted by Crippen LogP contribution is -2.53. The number of nitrogens with two attached hydrogens (primary N) is 1. The number of carbonyl (C=O) groups is 1. The van der Waals surface area contributed by atoms with Crippen molar-refractivity contribution in [2.75, 3.05) is 13.2 Å². The van der Waals surface area contributed by atoms with Gasteiger partial charge in [-0.1, -0.05) is 6.08 Å². The first-order valence-corrected chi connectivity index (χ1v) is 6.94. The molecule has 0 aromatic rings. The van der Waals surface area contributed by atoms with E-state index in [1.54, 1.807) is 11.1 Å². The lowest BCUT2D eigenvalue weighted by Gasteiger charge is -2.37. The lowest BCUT2D eigenvalue weighted by atomic mass is 10.0. The average molecular weight is 296 g/mol. The van der Waals surface area contributed by atoms with Gasteiger partial charge in [0.1, 0.15) is 12.2 Å². The Morgan fingerprint density at radius 3 is 3.00 bits per heavy atom. The number of hydrogen-bond acceptors (Lipinski definition) is 6. The predicted octanol–water partition coefficient (Wildman–Crippen LogP) is -0.186. The second-order valence-corrected chi connectivity index (χ2v) is 5.93. The van der Waals surface area contributed by atoms with Gasteiger partial charge in [-0.3, -0.25) is 4.79 Å². The van der Waals surface area contributed by atoms with E-state index in [-0.39, 0.29) is 13.2 Å². The SMILES string of the molecule is CC1(C)O[C@@H]2C(CO)OC[C@]2(N2C=CCC(C(N)=O)=C2)O1. The van der Waals surface area contributed by atoms with E-state index in [2.05, 4.69) is 0 Å². The normalized spacial score (nSPS) is 37.5. The Labute approximate surface area is 122 Å². The Kier molecular flexibility index (Phi) is 3.32. The third-order valence-corrected chi connectivity index (χ3v) is 3.95. The van der Waals surface area contributed by atoms with Crippen LogP contribution in [0.3, 0.4) is 0 Å². The highest BCUT2D eigenvalue weighted by atomic mass is 16.8. The molecule has 116 valence electrons. The molecule has 7 heteroatoms. The topological polar surface area (TPSA) is 94.3 Å². The fourth-order valence-electron chi connectivity index (χ4n) is 3.08. The molecular formula is C14H20N2O5. The smallest absolute Gasteiger partial charge is 0.246 e. The summed E-state index contributed by atoms with van der Waals surface area (Å²) >= 11 is 0. The Bertz CT molecular complexity index is 515. The van der Waals surface area contributed by atoms with Gasteiger partial charge in [-0.15, -0.1) is 0 Å². The molecule has 0 aromatic carbocycles. The van der Waals surface area contributed by atoms with Crippen molar-refractivity contribution in [2.24, 2.45) is 5.73 Å². The summed E-state index contributed by atoms with van der Waals surface area (Å²) in [5.41, 5.74) is 4.96. The molecule has 0 spiro atoms. The molecule has 2 fully saturated rings. The zero-order valence-electron chi connectivity index (χ0n) is 12.1. The van der Waals surface area contributed by atoms with E-state index in [0.717, 1.165) is 0 Å². The number of carbonyl (C=O) groups excluding carboxylic acids is 1. The molecule has 3 aliphatic rings. The number of ether oxygens (including phenoxy) is 3. The van der Waals surface area contributed by atoms with Crippen molar-refractivity contribution in [1.29, 1.82) is 0 Å². The van der Waals surface area contributed by atoms with Gasteiger partial charge in [-0.05, 0) is 20.3 Å². The van der Waals surface area contributed by atoms with Crippen molar-refractivity contribution >= 4 is 5.91 Å². The summed E-state index contributed by atoms with van der Waals surface area (Å²) in [6.07, 6.45) is 4.91. The van der Waals surface area contributed by atoms with Crippen molar-refractivity contribution in [3.05, 3.63) is 24.0 Å². The number of aliphatic hydroxyl groups is 1. The van der Waals surface area contributed by atoms with Crippen LogP contribution >= 0.6 is 0 Å². The fourth-order valence-corrected chi connectivity index (χ4v) is 3.08. The first-order valence-electron chi connectivity index (χ1n) is 6.94. The van der Waals surface area contributed by atoms with E-state index in [1.165, 1.54) is 0 Å². The van der Waals surface area contributed by atoms with Gasteiger partial charge in [0.25, 0.3) is 0 Å². The van der Waals surface area contributed by atoms with E-state index in [0.29, 0.717) is 12.0 Å². The molecule has 0 saturated carbocycles. The Morgan fingerprint density at radius 2 is 2.33 bits per heavy atom. The third-order valence-electron chi connectivity index (χ3n) is 3.95. The molecular weight excluding hydrogens is 276 g/mol. The molecule has 3 heterocycles. The van der Waals surface area contributed by atoms with Crippen LogP contribution in [0.5, 0.6) is 0 Å². The number of nitrogens with zero attached hydrogens (tertiary/aromatic N) is 1. The number of hydrogen-bond donors (Lipinski definition) is 2. The Hall–Kier alpha value is -1.41. The van der Waals surface area contributed by atoms with Crippen LogP contribution < -0.4 is 5.73 Å². The molecule has 3 aliphatic heterocycles. The van der Waals surface area contributed by atoms with Crippen LogP contribution in [-0.4, -0.2) is 52.8 Å². The van der Waals surface area contributed by atoms with Gasteiger partial charge in [-0.25, -0.2) is 0 Å². The molecule has 1 unspecified atom stereocenters. The molecule has 1 amide bonds. The van der Waals surface area contributed by atoms with Crippen molar-refractivity contribution in [1.82, 2.24) is 4.90 Å². The number of allylic oxidation sites excluding steroid dienone is 1. The molecule has 0 aliphatic carbocycles. The molecule has 2 saturated heterocycles. The average Bonchev–Trinajstić information content (AvgIpc) is 2.90. The minimum atomic E-state index is -0.894. The van der Waals surface area contributed by atoms with Crippen molar-refractivity contribution in [3.63, 3.8) is 0 Å². The quantitative estimate of drug-likeness (QED) is 0.750. The van der Waals surface area contributed by atoms with Gasteiger partial charge in [0.2, 0.25) is 5.91 Å². The van der Waals surface area contributed by atoms with Crippen LogP contribution in [0.25, 0.3) is 0 Å². The van der Waals surface area contributed by atoms with Gasteiger partial charge >= 0.3 is 0 Å². The molecule has 0 radical (unpaired) electrons. The van der Waals surface area contributed by atoms with E-state index in [1.807, 2.05) is 26.1 Å². The third kappa shape index (κ3) is 2.26. The van der Waals surface area contributed by atoms with Crippen LogP contribution in [0.15, 0.2) is 24.0 Å². The van der Waals surface area contributed by atoms with Gasteiger partial charge in [0, 0.05) is 18.0 Å². The standard InChI is InChI=1S/C14H20N2O5/c1-13(2)20-11-10(7-17)19-8-14(11,21-13)16-5-3-4-9(6-16)12(15)18/h3,5-6,10-11,17H,4,7-8H2,1-2H3,(H2,15,18)/t10?,11-,14+/m1/s1. The largest absolute Gasteiger partial charge is 0.394 e. The number of rotatable bonds is 3. The first-order chi connectivity index (χ1) is 9.88. The van der Waals surface area contributed by atoms with E-state index < -0.39 is 29.6 Å². The summed E-state index contributed by atoms with van der Waals surface area (Å²) in [5, 5.41) is 9.45. The molecule has 3 N–H and O–H groups in total. The summed E-state index contributed by atoms with van der Waals surface area (Å²) in [5.74, 6) is -1.26. The van der Waals surface area contributed by atoms with Crippen LogP contribution in [0.1, 0.15) is 20.3 Å². The second-order valence-electron chi connectivity index (χ2n) is 5.93. The van der Waals surface area contributed by atoms with Gasteiger partial charge < -0.3 is 30.0 Å². The predicted molar refractivity (Wildman–Crippen MR) is 72.5 cm³/mol. The zero-order valence-corrected chi connectivity index (χ0v) is 12.1. The maximum atomic E-state index is 11.4. The van der Waals surface area contributed by atoms with Crippen molar-refractivity contribution < 1.29 is 24.1 Å².